The van der Waals surface area contributed by atoms with Gasteiger partial charge in [0.2, 0.25) is 0 Å². The van der Waals surface area contributed by atoms with Crippen LogP contribution in [0.3, 0.4) is 0 Å². The van der Waals surface area contributed by atoms with Crippen LogP contribution in [0.5, 0.6) is 0 Å². The predicted octanol–water partition coefficient (Wildman–Crippen LogP) is 3.05. The number of anilines is 1. The molecule has 0 bridgehead atoms. The van der Waals surface area contributed by atoms with Gasteiger partial charge in [-0.25, -0.2) is 18.2 Å². The van der Waals surface area contributed by atoms with E-state index in [0.29, 0.717) is 12.4 Å². The lowest BCUT2D eigenvalue weighted by Gasteiger charge is -2.27. The average molecular weight is 408 g/mol. The maximum absolute atomic E-state index is 11.7. The van der Waals surface area contributed by atoms with Crippen molar-refractivity contribution in [1.29, 1.82) is 0 Å². The molecule has 3 heterocycles. The van der Waals surface area contributed by atoms with Crippen molar-refractivity contribution >= 4 is 21.7 Å². The van der Waals surface area contributed by atoms with Crippen molar-refractivity contribution in [3.8, 4) is 22.3 Å². The Morgan fingerprint density at radius 1 is 1.07 bits per heavy atom. The van der Waals surface area contributed by atoms with E-state index in [4.69, 9.17) is 5.73 Å². The van der Waals surface area contributed by atoms with Crippen LogP contribution in [0.4, 0.5) is 10.6 Å². The number of rotatable bonds is 3. The van der Waals surface area contributed by atoms with Crippen LogP contribution in [0.15, 0.2) is 59.9 Å². The highest BCUT2D eigenvalue weighted by Crippen LogP contribution is 2.34. The number of carbonyl (C=O) groups excluding carboxylic acids is 1. The van der Waals surface area contributed by atoms with Crippen LogP contribution in [0.1, 0.15) is 12.0 Å². The Kier molecular flexibility index (Phi) is 4.79. The topological polar surface area (TPSA) is 106 Å². The fourth-order valence-electron chi connectivity index (χ4n) is 3.58. The van der Waals surface area contributed by atoms with E-state index in [9.17, 15) is 13.2 Å². The minimum atomic E-state index is -3.25. The molecule has 0 atom stereocenters. The summed E-state index contributed by atoms with van der Waals surface area (Å²) in [6.45, 7) is 0.569. The highest BCUT2D eigenvalue weighted by atomic mass is 32.2. The number of benzene rings is 1. The summed E-state index contributed by atoms with van der Waals surface area (Å²) in [5.41, 5.74) is 10.00. The van der Waals surface area contributed by atoms with Gasteiger partial charge < -0.3 is 5.73 Å². The van der Waals surface area contributed by atoms with Crippen LogP contribution in [0, 0.1) is 0 Å². The number of carbonyl (C=O) groups is 1. The van der Waals surface area contributed by atoms with Crippen molar-refractivity contribution < 1.29 is 13.2 Å². The maximum atomic E-state index is 11.7. The zero-order chi connectivity index (χ0) is 20.6. The summed E-state index contributed by atoms with van der Waals surface area (Å²) in [7, 11) is -3.25. The summed E-state index contributed by atoms with van der Waals surface area (Å²) in [6.07, 6.45) is 8.01. The Bertz CT molecular complexity index is 1190. The summed E-state index contributed by atoms with van der Waals surface area (Å²) in [6, 6.07) is 10.2. The van der Waals surface area contributed by atoms with Gasteiger partial charge in [-0.15, -0.1) is 0 Å². The van der Waals surface area contributed by atoms with E-state index in [0.717, 1.165) is 40.7 Å². The number of hydrogen-bond donors (Lipinski definition) is 1. The van der Waals surface area contributed by atoms with Crippen molar-refractivity contribution in [1.82, 2.24) is 9.97 Å². The molecule has 148 valence electrons. The quantitative estimate of drug-likeness (QED) is 0.717. The van der Waals surface area contributed by atoms with E-state index >= 15 is 0 Å². The van der Waals surface area contributed by atoms with Crippen molar-refractivity contribution in [2.75, 3.05) is 17.7 Å². The number of amides is 2. The van der Waals surface area contributed by atoms with Crippen molar-refractivity contribution in [2.24, 2.45) is 5.73 Å². The molecular formula is C21H20N4O3S. The molecule has 8 heteroatoms. The fraction of sp³-hybridized carbons (Fsp3) is 0.190. The summed E-state index contributed by atoms with van der Waals surface area (Å²) < 4.78 is 23.4. The molecule has 0 spiro atoms. The summed E-state index contributed by atoms with van der Waals surface area (Å²) in [5.74, 6) is 0.607. The monoisotopic (exact) mass is 408 g/mol. The Morgan fingerprint density at radius 2 is 1.83 bits per heavy atom. The molecule has 1 aliphatic rings. The van der Waals surface area contributed by atoms with Gasteiger partial charge in [-0.2, -0.15) is 0 Å². The Hall–Kier alpha value is -3.26. The van der Waals surface area contributed by atoms with Gasteiger partial charge in [0.15, 0.2) is 9.84 Å². The van der Waals surface area contributed by atoms with E-state index < -0.39 is 15.9 Å². The minimum absolute atomic E-state index is 0.277. The first-order valence-electron chi connectivity index (χ1n) is 9.15. The van der Waals surface area contributed by atoms with Gasteiger partial charge in [0.05, 0.1) is 4.90 Å². The van der Waals surface area contributed by atoms with Gasteiger partial charge in [-0.1, -0.05) is 12.1 Å². The summed E-state index contributed by atoms with van der Waals surface area (Å²) >= 11 is 0. The smallest absolute Gasteiger partial charge is 0.320 e. The van der Waals surface area contributed by atoms with Crippen LogP contribution in [-0.4, -0.2) is 37.2 Å². The van der Waals surface area contributed by atoms with Gasteiger partial charge in [-0.3, -0.25) is 9.88 Å². The Labute approximate surface area is 169 Å². The van der Waals surface area contributed by atoms with E-state index in [-0.39, 0.29) is 4.90 Å². The zero-order valence-electron chi connectivity index (χ0n) is 15.9. The molecule has 2 N–H and O–H groups in total. The number of nitrogens with two attached hydrogens (primary N) is 1. The number of sulfone groups is 1. The van der Waals surface area contributed by atoms with Crippen molar-refractivity contribution in [2.45, 2.75) is 17.7 Å². The third-order valence-electron chi connectivity index (χ3n) is 5.02. The Balaban J connectivity index is 1.77. The number of aryl methyl sites for hydroxylation is 1. The second kappa shape index (κ2) is 7.29. The second-order valence-electron chi connectivity index (χ2n) is 7.02. The molecule has 3 aromatic rings. The fourth-order valence-corrected chi connectivity index (χ4v) is 4.21. The third kappa shape index (κ3) is 3.71. The standard InChI is InChI=1S/C21H20N4O3S/c1-29(27,28)17-6-4-14(5-7-17)18-8-9-23-13-19(18)16-11-15-3-2-10-25(21(22)26)20(15)24-12-16/h4-9,11-13H,2-3,10H2,1H3,(H2,22,26). The maximum Gasteiger partial charge on any atom is 0.320 e. The highest BCUT2D eigenvalue weighted by Gasteiger charge is 2.23. The van der Waals surface area contributed by atoms with E-state index in [1.807, 2.05) is 12.1 Å². The number of primary amides is 1. The molecule has 0 aliphatic carbocycles. The van der Waals surface area contributed by atoms with Gasteiger partial charge in [0.1, 0.15) is 5.82 Å². The summed E-state index contributed by atoms with van der Waals surface area (Å²) in [4.78, 5) is 22.2. The van der Waals surface area contributed by atoms with Crippen LogP contribution >= 0.6 is 0 Å². The molecule has 2 amide bonds. The first-order chi connectivity index (χ1) is 13.8. The Morgan fingerprint density at radius 3 is 2.52 bits per heavy atom. The second-order valence-corrected chi connectivity index (χ2v) is 9.03. The van der Waals surface area contributed by atoms with E-state index in [1.165, 1.54) is 11.2 Å². The molecule has 0 saturated heterocycles. The lowest BCUT2D eigenvalue weighted by atomic mass is 9.95. The molecule has 7 nitrogen and oxygen atoms in total. The van der Waals surface area contributed by atoms with E-state index in [2.05, 4.69) is 9.97 Å². The predicted molar refractivity (Wildman–Crippen MR) is 111 cm³/mol. The molecule has 4 rings (SSSR count). The number of hydrogen-bond acceptors (Lipinski definition) is 5. The minimum Gasteiger partial charge on any atom is -0.351 e. The third-order valence-corrected chi connectivity index (χ3v) is 6.15. The van der Waals surface area contributed by atoms with Crippen LogP contribution in [0.2, 0.25) is 0 Å². The number of pyridine rings is 2. The van der Waals surface area contributed by atoms with Crippen LogP contribution in [-0.2, 0) is 16.3 Å². The van der Waals surface area contributed by atoms with Crippen molar-refractivity contribution in [3.05, 3.63) is 60.6 Å². The summed E-state index contributed by atoms with van der Waals surface area (Å²) in [5, 5.41) is 0. The molecule has 0 radical (unpaired) electrons. The number of nitrogens with zero attached hydrogens (tertiary/aromatic N) is 3. The highest BCUT2D eigenvalue weighted by molar-refractivity contribution is 7.90. The molecule has 0 fully saturated rings. The average Bonchev–Trinajstić information content (AvgIpc) is 2.72. The zero-order valence-corrected chi connectivity index (χ0v) is 16.7. The molecule has 29 heavy (non-hydrogen) atoms. The largest absolute Gasteiger partial charge is 0.351 e. The molecular weight excluding hydrogens is 388 g/mol. The first-order valence-corrected chi connectivity index (χ1v) is 11.0. The molecule has 1 aromatic carbocycles. The van der Waals surface area contributed by atoms with Gasteiger partial charge >= 0.3 is 6.03 Å². The number of fused-ring (bicyclic) bond motifs is 1. The van der Waals surface area contributed by atoms with Crippen LogP contribution < -0.4 is 10.6 Å². The normalized spacial score (nSPS) is 13.8. The lowest BCUT2D eigenvalue weighted by Crippen LogP contribution is -2.40. The van der Waals surface area contributed by atoms with Gasteiger partial charge in [0, 0.05) is 42.5 Å². The van der Waals surface area contributed by atoms with E-state index in [1.54, 1.807) is 42.9 Å². The number of aromatic nitrogens is 2. The van der Waals surface area contributed by atoms with Crippen LogP contribution in [0.25, 0.3) is 22.3 Å². The van der Waals surface area contributed by atoms with Gasteiger partial charge in [-0.05, 0) is 53.8 Å². The molecule has 0 unspecified atom stereocenters. The molecule has 0 saturated carbocycles. The SMILES string of the molecule is CS(=O)(=O)c1ccc(-c2ccncc2-c2cnc3c(c2)CCCN3C(N)=O)cc1. The molecule has 1 aliphatic heterocycles. The number of urea groups is 1. The lowest BCUT2D eigenvalue weighted by molar-refractivity contribution is 0.253. The molecule has 2 aromatic heterocycles. The van der Waals surface area contributed by atoms with Gasteiger partial charge in [0.25, 0.3) is 0 Å². The first kappa shape index (κ1) is 19.1. The van der Waals surface area contributed by atoms with Crippen molar-refractivity contribution in [3.63, 3.8) is 0 Å².